The summed E-state index contributed by atoms with van der Waals surface area (Å²) < 4.78 is 39.2. The van der Waals surface area contributed by atoms with Crippen molar-refractivity contribution in [3.63, 3.8) is 0 Å². The third kappa shape index (κ3) is 2.64. The van der Waals surface area contributed by atoms with Crippen LogP contribution in [-0.2, 0) is 12.7 Å². The Hall–Kier alpha value is -2.50. The number of aryl methyl sites for hydroxylation is 1. The van der Waals surface area contributed by atoms with E-state index in [0.29, 0.717) is 11.1 Å². The van der Waals surface area contributed by atoms with E-state index in [1.807, 2.05) is 25.1 Å². The SMILES string of the molecule is Cc1ccc2[nH]c(=O)n(Cc3ccc(C(F)(F)F)cc3)c2c1. The smallest absolute Gasteiger partial charge is 0.306 e. The highest BCUT2D eigenvalue weighted by Crippen LogP contribution is 2.29. The van der Waals surface area contributed by atoms with Crippen LogP contribution in [-0.4, -0.2) is 9.55 Å². The molecule has 0 aliphatic rings. The van der Waals surface area contributed by atoms with Crippen molar-refractivity contribution in [1.82, 2.24) is 9.55 Å². The van der Waals surface area contributed by atoms with E-state index in [9.17, 15) is 18.0 Å². The number of imidazole rings is 1. The van der Waals surface area contributed by atoms with Crippen LogP contribution in [0, 0.1) is 6.92 Å². The number of nitrogens with one attached hydrogen (secondary N) is 1. The number of fused-ring (bicyclic) bond motifs is 1. The molecule has 0 saturated carbocycles. The largest absolute Gasteiger partial charge is 0.416 e. The van der Waals surface area contributed by atoms with Crippen LogP contribution in [0.15, 0.2) is 47.3 Å². The van der Waals surface area contributed by atoms with Gasteiger partial charge < -0.3 is 4.98 Å². The molecule has 1 heterocycles. The van der Waals surface area contributed by atoms with E-state index in [1.54, 1.807) is 0 Å². The van der Waals surface area contributed by atoms with Gasteiger partial charge in [0.05, 0.1) is 23.1 Å². The van der Waals surface area contributed by atoms with Crippen LogP contribution >= 0.6 is 0 Å². The van der Waals surface area contributed by atoms with E-state index in [1.165, 1.54) is 16.7 Å². The summed E-state index contributed by atoms with van der Waals surface area (Å²) in [7, 11) is 0. The Morgan fingerprint density at radius 2 is 1.77 bits per heavy atom. The molecule has 0 unspecified atom stereocenters. The van der Waals surface area contributed by atoms with Crippen LogP contribution in [0.5, 0.6) is 0 Å². The molecular formula is C16H13F3N2O. The Labute approximate surface area is 124 Å². The summed E-state index contributed by atoms with van der Waals surface area (Å²) in [6.45, 7) is 2.14. The van der Waals surface area contributed by atoms with Gasteiger partial charge in [0.2, 0.25) is 0 Å². The minimum Gasteiger partial charge on any atom is -0.306 e. The van der Waals surface area contributed by atoms with Gasteiger partial charge in [-0.25, -0.2) is 4.79 Å². The summed E-state index contributed by atoms with van der Waals surface area (Å²) in [6, 6.07) is 10.4. The predicted molar refractivity (Wildman–Crippen MR) is 77.8 cm³/mol. The summed E-state index contributed by atoms with van der Waals surface area (Å²) in [5, 5.41) is 0. The lowest BCUT2D eigenvalue weighted by Gasteiger charge is -2.08. The Balaban J connectivity index is 1.98. The highest BCUT2D eigenvalue weighted by atomic mass is 19.4. The van der Waals surface area contributed by atoms with E-state index in [2.05, 4.69) is 4.98 Å². The first-order valence-electron chi connectivity index (χ1n) is 6.70. The molecule has 0 aliphatic carbocycles. The van der Waals surface area contributed by atoms with E-state index in [0.717, 1.165) is 23.2 Å². The normalized spacial score (nSPS) is 12.0. The van der Waals surface area contributed by atoms with E-state index in [4.69, 9.17) is 0 Å². The minimum atomic E-state index is -4.35. The van der Waals surface area contributed by atoms with Crippen molar-refractivity contribution in [2.75, 3.05) is 0 Å². The molecule has 0 fully saturated rings. The maximum absolute atomic E-state index is 12.6. The lowest BCUT2D eigenvalue weighted by atomic mass is 10.1. The predicted octanol–water partition coefficient (Wildman–Crippen LogP) is 3.71. The van der Waals surface area contributed by atoms with Crippen molar-refractivity contribution in [2.24, 2.45) is 0 Å². The number of halogens is 3. The number of aromatic nitrogens is 2. The molecule has 1 N–H and O–H groups in total. The number of hydrogen-bond donors (Lipinski definition) is 1. The average Bonchev–Trinajstić information content (AvgIpc) is 2.75. The molecule has 6 heteroatoms. The highest BCUT2D eigenvalue weighted by Gasteiger charge is 2.29. The Morgan fingerprint density at radius 1 is 1.09 bits per heavy atom. The molecule has 2 aromatic carbocycles. The van der Waals surface area contributed by atoms with Gasteiger partial charge in [0.25, 0.3) is 0 Å². The fourth-order valence-corrected chi connectivity index (χ4v) is 2.40. The van der Waals surface area contributed by atoms with Gasteiger partial charge in [-0.15, -0.1) is 0 Å². The number of aromatic amines is 1. The van der Waals surface area contributed by atoms with Crippen LogP contribution in [0.3, 0.4) is 0 Å². The van der Waals surface area contributed by atoms with Crippen molar-refractivity contribution in [2.45, 2.75) is 19.6 Å². The van der Waals surface area contributed by atoms with Gasteiger partial charge >= 0.3 is 11.9 Å². The Bertz CT molecular complexity index is 873. The zero-order valence-corrected chi connectivity index (χ0v) is 11.7. The molecule has 0 atom stereocenters. The third-order valence-corrected chi connectivity index (χ3v) is 3.55. The first-order chi connectivity index (χ1) is 10.3. The number of alkyl halides is 3. The fraction of sp³-hybridized carbons (Fsp3) is 0.188. The van der Waals surface area contributed by atoms with Crippen LogP contribution in [0.4, 0.5) is 13.2 Å². The van der Waals surface area contributed by atoms with Crippen molar-refractivity contribution in [1.29, 1.82) is 0 Å². The molecule has 3 rings (SSSR count). The number of H-pyrrole nitrogens is 1. The summed E-state index contributed by atoms with van der Waals surface area (Å²) in [5.41, 5.74) is 2.12. The van der Waals surface area contributed by atoms with Crippen LogP contribution in [0.25, 0.3) is 11.0 Å². The van der Waals surface area contributed by atoms with E-state index < -0.39 is 11.7 Å². The minimum absolute atomic E-state index is 0.223. The van der Waals surface area contributed by atoms with Crippen molar-refractivity contribution in [3.05, 3.63) is 69.6 Å². The van der Waals surface area contributed by atoms with Gasteiger partial charge in [-0.3, -0.25) is 4.57 Å². The second kappa shape index (κ2) is 5.05. The maximum atomic E-state index is 12.6. The second-order valence-corrected chi connectivity index (χ2v) is 5.23. The first kappa shape index (κ1) is 14.4. The topological polar surface area (TPSA) is 37.8 Å². The average molecular weight is 306 g/mol. The first-order valence-corrected chi connectivity index (χ1v) is 6.70. The van der Waals surface area contributed by atoms with Crippen LogP contribution in [0.1, 0.15) is 16.7 Å². The standard InChI is InChI=1S/C16H13F3N2O/c1-10-2-7-13-14(8-10)21(15(22)20-13)9-11-3-5-12(6-4-11)16(17,18)19/h2-8H,9H2,1H3,(H,20,22). The van der Waals surface area contributed by atoms with Gasteiger partial charge in [0.15, 0.2) is 0 Å². The van der Waals surface area contributed by atoms with Gasteiger partial charge in [-0.05, 0) is 42.3 Å². The summed E-state index contributed by atoms with van der Waals surface area (Å²) in [4.78, 5) is 14.7. The molecule has 3 aromatic rings. The van der Waals surface area contributed by atoms with E-state index in [-0.39, 0.29) is 12.2 Å². The zero-order chi connectivity index (χ0) is 15.9. The van der Waals surface area contributed by atoms with Crippen LogP contribution < -0.4 is 5.69 Å². The molecule has 0 amide bonds. The zero-order valence-electron chi connectivity index (χ0n) is 11.7. The fourth-order valence-electron chi connectivity index (χ4n) is 2.40. The highest BCUT2D eigenvalue weighted by molar-refractivity contribution is 5.76. The summed E-state index contributed by atoms with van der Waals surface area (Å²) in [6.07, 6.45) is -4.35. The number of rotatable bonds is 2. The number of nitrogens with zero attached hydrogens (tertiary/aromatic N) is 1. The van der Waals surface area contributed by atoms with Gasteiger partial charge in [-0.2, -0.15) is 13.2 Å². The Kier molecular flexibility index (Phi) is 3.31. The van der Waals surface area contributed by atoms with Gasteiger partial charge in [0, 0.05) is 0 Å². The van der Waals surface area contributed by atoms with Crippen LogP contribution in [0.2, 0.25) is 0 Å². The van der Waals surface area contributed by atoms with Crippen molar-refractivity contribution >= 4 is 11.0 Å². The molecule has 0 bridgehead atoms. The molecule has 0 spiro atoms. The van der Waals surface area contributed by atoms with Gasteiger partial charge in [0.1, 0.15) is 0 Å². The number of benzene rings is 2. The number of hydrogen-bond acceptors (Lipinski definition) is 1. The monoisotopic (exact) mass is 306 g/mol. The summed E-state index contributed by atoms with van der Waals surface area (Å²) >= 11 is 0. The molecule has 114 valence electrons. The van der Waals surface area contributed by atoms with E-state index >= 15 is 0 Å². The third-order valence-electron chi connectivity index (χ3n) is 3.55. The maximum Gasteiger partial charge on any atom is 0.416 e. The summed E-state index contributed by atoms with van der Waals surface area (Å²) in [5.74, 6) is 0. The van der Waals surface area contributed by atoms with Crippen molar-refractivity contribution in [3.8, 4) is 0 Å². The molecule has 3 nitrogen and oxygen atoms in total. The molecular weight excluding hydrogens is 293 g/mol. The Morgan fingerprint density at radius 3 is 2.41 bits per heavy atom. The quantitative estimate of drug-likeness (QED) is 0.770. The molecule has 0 saturated heterocycles. The molecule has 0 radical (unpaired) electrons. The molecule has 0 aliphatic heterocycles. The lowest BCUT2D eigenvalue weighted by Crippen LogP contribution is -2.17. The lowest BCUT2D eigenvalue weighted by molar-refractivity contribution is -0.137. The second-order valence-electron chi connectivity index (χ2n) is 5.23. The van der Waals surface area contributed by atoms with Crippen molar-refractivity contribution < 1.29 is 13.2 Å². The van der Waals surface area contributed by atoms with Gasteiger partial charge in [-0.1, -0.05) is 18.2 Å². The molecule has 1 aromatic heterocycles. The molecule has 22 heavy (non-hydrogen) atoms.